The number of amides is 1. The van der Waals surface area contributed by atoms with Crippen LogP contribution >= 0.6 is 15.9 Å². The van der Waals surface area contributed by atoms with Gasteiger partial charge in [-0.2, -0.15) is 0 Å². The number of nitrogens with one attached hydrogen (secondary N) is 1. The van der Waals surface area contributed by atoms with E-state index in [9.17, 15) is 4.79 Å². The Labute approximate surface area is 120 Å². The van der Waals surface area contributed by atoms with Crippen molar-refractivity contribution in [1.29, 1.82) is 0 Å². The van der Waals surface area contributed by atoms with Crippen molar-refractivity contribution in [3.8, 4) is 0 Å². The Bertz CT molecular complexity index is 704. The van der Waals surface area contributed by atoms with Gasteiger partial charge in [-0.25, -0.2) is 0 Å². The molecule has 1 amide bonds. The number of hydrogen-bond donors (Lipinski definition) is 1. The van der Waals surface area contributed by atoms with Crippen LogP contribution in [-0.2, 0) is 4.79 Å². The number of carbonyl (C=O) groups is 1. The quantitative estimate of drug-likeness (QED) is 0.783. The van der Waals surface area contributed by atoms with E-state index < -0.39 is 0 Å². The maximum absolute atomic E-state index is 12.0. The van der Waals surface area contributed by atoms with E-state index in [1.807, 2.05) is 55.5 Å². The summed E-state index contributed by atoms with van der Waals surface area (Å²) in [6.07, 6.45) is 1.92. The van der Waals surface area contributed by atoms with Crippen LogP contribution in [0.1, 0.15) is 16.7 Å². The molecule has 19 heavy (non-hydrogen) atoms. The maximum Gasteiger partial charge on any atom is 0.256 e. The summed E-state index contributed by atoms with van der Waals surface area (Å²) in [5.74, 6) is -0.0411. The second-order valence-corrected chi connectivity index (χ2v) is 5.53. The largest absolute Gasteiger partial charge is 0.321 e. The lowest BCUT2D eigenvalue weighted by atomic mass is 10.0. The summed E-state index contributed by atoms with van der Waals surface area (Å²) in [4.78, 5) is 12.0. The second-order valence-electron chi connectivity index (χ2n) is 4.62. The number of hydrogen-bond acceptors (Lipinski definition) is 1. The number of carbonyl (C=O) groups excluding carboxylic acids is 1. The summed E-state index contributed by atoms with van der Waals surface area (Å²) in [6.45, 7) is 2.03. The number of halogens is 1. The standard InChI is InChI=1S/C16H12BrNO/c1-10-5-6-15-13(7-10)14(16(19)18-15)9-11-3-2-4-12(17)8-11/h2-9H,1H3,(H,18,19)/b14-9+. The Morgan fingerprint density at radius 3 is 2.79 bits per heavy atom. The molecular weight excluding hydrogens is 302 g/mol. The fraction of sp³-hybridized carbons (Fsp3) is 0.0625. The molecule has 0 bridgehead atoms. The van der Waals surface area contributed by atoms with Crippen LogP contribution in [0.25, 0.3) is 11.6 Å². The van der Waals surface area contributed by atoms with E-state index in [0.717, 1.165) is 32.4 Å². The summed E-state index contributed by atoms with van der Waals surface area (Å²) < 4.78 is 1.00. The molecule has 3 rings (SSSR count). The molecule has 2 aromatic carbocycles. The van der Waals surface area contributed by atoms with Gasteiger partial charge in [0.1, 0.15) is 0 Å². The summed E-state index contributed by atoms with van der Waals surface area (Å²) in [5, 5.41) is 2.89. The summed E-state index contributed by atoms with van der Waals surface area (Å²) in [5.41, 5.74) is 4.74. The van der Waals surface area contributed by atoms with Crippen LogP contribution in [0.2, 0.25) is 0 Å². The van der Waals surface area contributed by atoms with Gasteiger partial charge in [0.05, 0.1) is 0 Å². The molecule has 1 aliphatic heterocycles. The average Bonchev–Trinajstić information content (AvgIpc) is 2.66. The molecule has 1 heterocycles. The first-order chi connectivity index (χ1) is 9.13. The van der Waals surface area contributed by atoms with Gasteiger partial charge in [-0.15, -0.1) is 0 Å². The minimum Gasteiger partial charge on any atom is -0.321 e. The molecule has 1 aliphatic rings. The third kappa shape index (κ3) is 2.34. The first kappa shape index (κ1) is 12.2. The van der Waals surface area contributed by atoms with Crippen molar-refractivity contribution in [1.82, 2.24) is 0 Å². The third-order valence-electron chi connectivity index (χ3n) is 3.12. The average molecular weight is 314 g/mol. The summed E-state index contributed by atoms with van der Waals surface area (Å²) in [6, 6.07) is 13.9. The minimum absolute atomic E-state index is 0.0411. The van der Waals surface area contributed by atoms with Gasteiger partial charge in [0, 0.05) is 21.3 Å². The highest BCUT2D eigenvalue weighted by Gasteiger charge is 2.23. The smallest absolute Gasteiger partial charge is 0.256 e. The van der Waals surface area contributed by atoms with Crippen LogP contribution < -0.4 is 5.32 Å². The lowest BCUT2D eigenvalue weighted by Crippen LogP contribution is -2.03. The highest BCUT2D eigenvalue weighted by molar-refractivity contribution is 9.10. The Balaban J connectivity index is 2.11. The fourth-order valence-electron chi connectivity index (χ4n) is 2.21. The van der Waals surface area contributed by atoms with Crippen molar-refractivity contribution in [2.75, 3.05) is 5.32 Å². The SMILES string of the molecule is Cc1ccc2c(c1)/C(=C\c1cccc(Br)c1)C(=O)N2. The maximum atomic E-state index is 12.0. The lowest BCUT2D eigenvalue weighted by Gasteiger charge is -2.01. The zero-order valence-electron chi connectivity index (χ0n) is 10.4. The highest BCUT2D eigenvalue weighted by atomic mass is 79.9. The van der Waals surface area contributed by atoms with E-state index in [1.165, 1.54) is 0 Å². The van der Waals surface area contributed by atoms with Gasteiger partial charge in [-0.05, 0) is 42.8 Å². The van der Waals surface area contributed by atoms with Crippen molar-refractivity contribution in [2.24, 2.45) is 0 Å². The zero-order valence-corrected chi connectivity index (χ0v) is 12.0. The van der Waals surface area contributed by atoms with Crippen LogP contribution in [0, 0.1) is 6.92 Å². The number of aryl methyl sites for hydroxylation is 1. The molecule has 3 heteroatoms. The third-order valence-corrected chi connectivity index (χ3v) is 3.61. The van der Waals surface area contributed by atoms with Crippen LogP contribution in [-0.4, -0.2) is 5.91 Å². The Hall–Kier alpha value is -1.87. The van der Waals surface area contributed by atoms with E-state index >= 15 is 0 Å². The molecule has 2 nitrogen and oxygen atoms in total. The van der Waals surface area contributed by atoms with Gasteiger partial charge in [-0.3, -0.25) is 4.79 Å². The predicted molar refractivity (Wildman–Crippen MR) is 81.8 cm³/mol. The minimum atomic E-state index is -0.0411. The van der Waals surface area contributed by atoms with Crippen molar-refractivity contribution < 1.29 is 4.79 Å². The lowest BCUT2D eigenvalue weighted by molar-refractivity contribution is -0.110. The molecule has 2 aromatic rings. The van der Waals surface area contributed by atoms with Gasteiger partial charge >= 0.3 is 0 Å². The van der Waals surface area contributed by atoms with E-state index in [1.54, 1.807) is 0 Å². The molecule has 0 aromatic heterocycles. The number of fused-ring (bicyclic) bond motifs is 1. The number of anilines is 1. The fourth-order valence-corrected chi connectivity index (χ4v) is 2.63. The topological polar surface area (TPSA) is 29.1 Å². The number of rotatable bonds is 1. The van der Waals surface area contributed by atoms with Gasteiger partial charge in [0.2, 0.25) is 0 Å². The van der Waals surface area contributed by atoms with Gasteiger partial charge < -0.3 is 5.32 Å². The van der Waals surface area contributed by atoms with Crippen molar-refractivity contribution in [2.45, 2.75) is 6.92 Å². The molecule has 0 fully saturated rings. The van der Waals surface area contributed by atoms with Crippen LogP contribution in [0.15, 0.2) is 46.9 Å². The van der Waals surface area contributed by atoms with E-state index in [4.69, 9.17) is 0 Å². The molecule has 1 N–H and O–H groups in total. The van der Waals surface area contributed by atoms with Crippen molar-refractivity contribution >= 4 is 39.2 Å². The number of benzene rings is 2. The first-order valence-corrected chi connectivity index (χ1v) is 6.82. The Kier molecular flexibility index (Phi) is 2.99. The van der Waals surface area contributed by atoms with Crippen molar-refractivity contribution in [3.63, 3.8) is 0 Å². The van der Waals surface area contributed by atoms with E-state index in [-0.39, 0.29) is 5.91 Å². The van der Waals surface area contributed by atoms with Crippen LogP contribution in [0.5, 0.6) is 0 Å². The highest BCUT2D eigenvalue weighted by Crippen LogP contribution is 2.33. The molecule has 0 aliphatic carbocycles. The second kappa shape index (κ2) is 4.67. The predicted octanol–water partition coefficient (Wildman–Crippen LogP) is 4.25. The Morgan fingerprint density at radius 1 is 1.16 bits per heavy atom. The monoisotopic (exact) mass is 313 g/mol. The first-order valence-electron chi connectivity index (χ1n) is 6.03. The van der Waals surface area contributed by atoms with Gasteiger partial charge in [0.25, 0.3) is 5.91 Å². The van der Waals surface area contributed by atoms with Crippen LogP contribution in [0.4, 0.5) is 5.69 Å². The molecule has 0 saturated carbocycles. The molecule has 94 valence electrons. The summed E-state index contributed by atoms with van der Waals surface area (Å²) >= 11 is 3.44. The van der Waals surface area contributed by atoms with Gasteiger partial charge in [0.15, 0.2) is 0 Å². The molecular formula is C16H12BrNO. The van der Waals surface area contributed by atoms with E-state index in [0.29, 0.717) is 0 Å². The van der Waals surface area contributed by atoms with Gasteiger partial charge in [-0.1, -0.05) is 39.7 Å². The normalized spacial score (nSPS) is 15.5. The van der Waals surface area contributed by atoms with Crippen LogP contribution in [0.3, 0.4) is 0 Å². The van der Waals surface area contributed by atoms with Crippen molar-refractivity contribution in [3.05, 3.63) is 63.6 Å². The Morgan fingerprint density at radius 2 is 2.00 bits per heavy atom. The molecule has 0 radical (unpaired) electrons. The molecule has 0 unspecified atom stereocenters. The molecule has 0 atom stereocenters. The summed E-state index contributed by atoms with van der Waals surface area (Å²) in [7, 11) is 0. The molecule has 0 spiro atoms. The van der Waals surface area contributed by atoms with E-state index in [2.05, 4.69) is 21.2 Å². The molecule has 0 saturated heterocycles. The zero-order chi connectivity index (χ0) is 13.4.